The molecule has 4 heterocycles. The number of hydrogen-bond acceptors (Lipinski definition) is 3. The van der Waals surface area contributed by atoms with Crippen molar-refractivity contribution in [3.8, 4) is 0 Å². The zero-order chi connectivity index (χ0) is 16.5. The highest BCUT2D eigenvalue weighted by molar-refractivity contribution is 5.93. The molecule has 2 amide bonds. The van der Waals surface area contributed by atoms with Crippen LogP contribution in [0.15, 0.2) is 6.33 Å². The molecule has 2 fully saturated rings. The molecular weight excluding hydrogens is 304 g/mol. The van der Waals surface area contributed by atoms with Crippen molar-refractivity contribution < 1.29 is 9.59 Å². The lowest BCUT2D eigenvalue weighted by atomic mass is 9.94. The fraction of sp³-hybridized carbons (Fsp3) is 0.722. The van der Waals surface area contributed by atoms with Crippen LogP contribution in [-0.4, -0.2) is 57.3 Å². The van der Waals surface area contributed by atoms with E-state index >= 15 is 0 Å². The van der Waals surface area contributed by atoms with E-state index in [4.69, 9.17) is 0 Å². The zero-order valence-corrected chi connectivity index (χ0v) is 14.2. The summed E-state index contributed by atoms with van der Waals surface area (Å²) in [6.07, 6.45) is 9.05. The molecule has 0 radical (unpaired) electrons. The first-order valence-corrected chi connectivity index (χ1v) is 9.36. The Labute approximate surface area is 142 Å². The number of hydrogen-bond donors (Lipinski definition) is 0. The van der Waals surface area contributed by atoms with Crippen LogP contribution >= 0.6 is 0 Å². The van der Waals surface area contributed by atoms with E-state index in [2.05, 4.69) is 4.98 Å². The first-order valence-electron chi connectivity index (χ1n) is 9.36. The molecule has 4 rings (SSSR count). The summed E-state index contributed by atoms with van der Waals surface area (Å²) in [6, 6.07) is 0. The maximum Gasteiger partial charge on any atom is 0.274 e. The van der Waals surface area contributed by atoms with Crippen molar-refractivity contribution in [3.05, 3.63) is 17.7 Å². The highest BCUT2D eigenvalue weighted by atomic mass is 16.2. The van der Waals surface area contributed by atoms with E-state index in [1.165, 1.54) is 6.42 Å². The normalized spacial score (nSPS) is 24.1. The van der Waals surface area contributed by atoms with Crippen LogP contribution in [0.25, 0.3) is 0 Å². The van der Waals surface area contributed by atoms with Gasteiger partial charge in [0.2, 0.25) is 5.91 Å². The van der Waals surface area contributed by atoms with Crippen LogP contribution in [-0.2, 0) is 17.8 Å². The van der Waals surface area contributed by atoms with Gasteiger partial charge in [-0.1, -0.05) is 0 Å². The smallest absolute Gasteiger partial charge is 0.274 e. The predicted octanol–water partition coefficient (Wildman–Crippen LogP) is 1.69. The Bertz CT molecular complexity index is 627. The summed E-state index contributed by atoms with van der Waals surface area (Å²) < 4.78 is 2.04. The lowest BCUT2D eigenvalue weighted by Gasteiger charge is -2.32. The van der Waals surface area contributed by atoms with Crippen molar-refractivity contribution in [1.29, 1.82) is 0 Å². The standard InChI is InChI=1S/C18H26N4O2/c23-17(20-8-2-1-3-9-20)14-6-7-15-16(19-13-22(15)12-14)18(24)21-10-4-5-11-21/h13-14H,1-12H2. The topological polar surface area (TPSA) is 58.4 Å². The molecule has 0 bridgehead atoms. The molecule has 1 aromatic rings. The van der Waals surface area contributed by atoms with Gasteiger partial charge in [0.25, 0.3) is 5.91 Å². The summed E-state index contributed by atoms with van der Waals surface area (Å²) in [5.74, 6) is 0.406. The lowest BCUT2D eigenvalue weighted by Crippen LogP contribution is -2.42. The van der Waals surface area contributed by atoms with Gasteiger partial charge in [0, 0.05) is 32.7 Å². The SMILES string of the molecule is O=C(c1ncn2c1CCC(C(=O)N1CCCCC1)C2)N1CCCC1. The Morgan fingerprint density at radius 2 is 1.62 bits per heavy atom. The van der Waals surface area contributed by atoms with Gasteiger partial charge in [0.1, 0.15) is 5.69 Å². The van der Waals surface area contributed by atoms with Crippen LogP contribution in [0.4, 0.5) is 0 Å². The van der Waals surface area contributed by atoms with Crippen LogP contribution in [0.1, 0.15) is 54.7 Å². The summed E-state index contributed by atoms with van der Waals surface area (Å²) in [5, 5.41) is 0. The molecule has 0 spiro atoms. The van der Waals surface area contributed by atoms with Crippen LogP contribution < -0.4 is 0 Å². The van der Waals surface area contributed by atoms with Gasteiger partial charge in [0.15, 0.2) is 0 Å². The Hall–Kier alpha value is -1.85. The van der Waals surface area contributed by atoms with E-state index in [1.54, 1.807) is 6.33 Å². The summed E-state index contributed by atoms with van der Waals surface area (Å²) in [7, 11) is 0. The molecule has 24 heavy (non-hydrogen) atoms. The van der Waals surface area contributed by atoms with E-state index in [0.717, 1.165) is 70.4 Å². The molecule has 1 unspecified atom stereocenters. The van der Waals surface area contributed by atoms with E-state index in [0.29, 0.717) is 18.1 Å². The van der Waals surface area contributed by atoms with Gasteiger partial charge in [-0.25, -0.2) is 4.98 Å². The van der Waals surface area contributed by atoms with E-state index < -0.39 is 0 Å². The first kappa shape index (κ1) is 15.7. The predicted molar refractivity (Wildman–Crippen MR) is 89.6 cm³/mol. The van der Waals surface area contributed by atoms with E-state index in [1.807, 2.05) is 14.4 Å². The number of piperidine rings is 1. The minimum atomic E-state index is 0.0412. The van der Waals surface area contributed by atoms with Crippen molar-refractivity contribution in [1.82, 2.24) is 19.4 Å². The molecule has 130 valence electrons. The van der Waals surface area contributed by atoms with Gasteiger partial charge in [-0.05, 0) is 44.9 Å². The number of imidazole rings is 1. The maximum atomic E-state index is 12.7. The first-order chi connectivity index (χ1) is 11.7. The number of aromatic nitrogens is 2. The van der Waals surface area contributed by atoms with Crippen molar-refractivity contribution >= 4 is 11.8 Å². The molecule has 3 aliphatic heterocycles. The van der Waals surface area contributed by atoms with Gasteiger partial charge < -0.3 is 14.4 Å². The fourth-order valence-electron chi connectivity index (χ4n) is 4.29. The summed E-state index contributed by atoms with van der Waals surface area (Å²) in [5.41, 5.74) is 1.63. The van der Waals surface area contributed by atoms with Crippen molar-refractivity contribution in [2.75, 3.05) is 26.2 Å². The number of likely N-dealkylation sites (tertiary alicyclic amines) is 2. The number of nitrogens with zero attached hydrogens (tertiary/aromatic N) is 4. The Morgan fingerprint density at radius 1 is 0.958 bits per heavy atom. The van der Waals surface area contributed by atoms with Gasteiger partial charge in [0.05, 0.1) is 17.9 Å². The summed E-state index contributed by atoms with van der Waals surface area (Å²) in [6.45, 7) is 4.18. The zero-order valence-electron chi connectivity index (χ0n) is 14.2. The number of amides is 2. The second kappa shape index (κ2) is 6.57. The van der Waals surface area contributed by atoms with Gasteiger partial charge in [-0.2, -0.15) is 0 Å². The minimum absolute atomic E-state index is 0.0412. The monoisotopic (exact) mass is 330 g/mol. The Kier molecular flexibility index (Phi) is 4.29. The average molecular weight is 330 g/mol. The van der Waals surface area contributed by atoms with E-state index in [-0.39, 0.29) is 11.8 Å². The van der Waals surface area contributed by atoms with Crippen LogP contribution in [0.5, 0.6) is 0 Å². The molecule has 6 nitrogen and oxygen atoms in total. The highest BCUT2D eigenvalue weighted by Gasteiger charge is 2.32. The molecule has 0 aliphatic carbocycles. The maximum absolute atomic E-state index is 12.7. The third-order valence-corrected chi connectivity index (χ3v) is 5.71. The van der Waals surface area contributed by atoms with Gasteiger partial charge in [-0.15, -0.1) is 0 Å². The third-order valence-electron chi connectivity index (χ3n) is 5.71. The third kappa shape index (κ3) is 2.82. The molecular formula is C18H26N4O2. The average Bonchev–Trinajstić information content (AvgIpc) is 3.30. The molecule has 2 saturated heterocycles. The van der Waals surface area contributed by atoms with Crippen LogP contribution in [0.2, 0.25) is 0 Å². The summed E-state index contributed by atoms with van der Waals surface area (Å²) >= 11 is 0. The molecule has 3 aliphatic rings. The molecule has 0 aromatic carbocycles. The summed E-state index contributed by atoms with van der Waals surface area (Å²) in [4.78, 5) is 33.7. The number of fused-ring (bicyclic) bond motifs is 1. The van der Waals surface area contributed by atoms with Gasteiger partial charge in [-0.3, -0.25) is 9.59 Å². The van der Waals surface area contributed by atoms with Crippen LogP contribution in [0.3, 0.4) is 0 Å². The quantitative estimate of drug-likeness (QED) is 0.829. The van der Waals surface area contributed by atoms with Crippen LogP contribution in [0, 0.1) is 5.92 Å². The van der Waals surface area contributed by atoms with Crippen molar-refractivity contribution in [2.24, 2.45) is 5.92 Å². The molecule has 1 aromatic heterocycles. The minimum Gasteiger partial charge on any atom is -0.342 e. The Balaban J connectivity index is 1.46. The van der Waals surface area contributed by atoms with Crippen molar-refractivity contribution in [3.63, 3.8) is 0 Å². The van der Waals surface area contributed by atoms with Crippen molar-refractivity contribution in [2.45, 2.75) is 51.5 Å². The second-order valence-electron chi connectivity index (χ2n) is 7.31. The highest BCUT2D eigenvalue weighted by Crippen LogP contribution is 2.26. The van der Waals surface area contributed by atoms with Gasteiger partial charge >= 0.3 is 0 Å². The largest absolute Gasteiger partial charge is 0.342 e. The molecule has 1 atom stereocenters. The molecule has 0 saturated carbocycles. The lowest BCUT2D eigenvalue weighted by molar-refractivity contribution is -0.137. The molecule has 0 N–H and O–H groups in total. The van der Waals surface area contributed by atoms with E-state index in [9.17, 15) is 9.59 Å². The second-order valence-corrected chi connectivity index (χ2v) is 7.31. The molecule has 6 heteroatoms. The number of carbonyl (C=O) groups is 2. The fourth-order valence-corrected chi connectivity index (χ4v) is 4.29. The number of carbonyl (C=O) groups excluding carboxylic acids is 2. The Morgan fingerprint density at radius 3 is 2.38 bits per heavy atom. The number of rotatable bonds is 2.